The summed E-state index contributed by atoms with van der Waals surface area (Å²) in [5.74, 6) is -0.834. The molecule has 0 aliphatic carbocycles. The Labute approximate surface area is 168 Å². The monoisotopic (exact) mass is 407 g/mol. The molecule has 0 bridgehead atoms. The van der Waals surface area contributed by atoms with Gasteiger partial charge in [0, 0.05) is 6.54 Å². The van der Waals surface area contributed by atoms with Gasteiger partial charge in [0.1, 0.15) is 12.1 Å². The van der Waals surface area contributed by atoms with E-state index in [0.29, 0.717) is 11.5 Å². The minimum absolute atomic E-state index is 0.183. The minimum atomic E-state index is -1.10. The van der Waals surface area contributed by atoms with E-state index in [1.807, 2.05) is 0 Å². The Morgan fingerprint density at radius 1 is 1.17 bits per heavy atom. The molecule has 1 unspecified atom stereocenters. The summed E-state index contributed by atoms with van der Waals surface area (Å²) in [6.07, 6.45) is -1.10. The molecule has 4 amide bonds. The van der Waals surface area contributed by atoms with Crippen LogP contribution in [0.2, 0.25) is 0 Å². The van der Waals surface area contributed by atoms with Gasteiger partial charge in [0.05, 0.1) is 14.2 Å². The van der Waals surface area contributed by atoms with Crippen molar-refractivity contribution in [2.75, 3.05) is 20.8 Å². The first-order valence-corrected chi connectivity index (χ1v) is 8.91. The first-order chi connectivity index (χ1) is 13.6. The highest BCUT2D eigenvalue weighted by Crippen LogP contribution is 2.27. The highest BCUT2D eigenvalue weighted by molar-refractivity contribution is 6.08. The Hall–Kier alpha value is -3.30. The summed E-state index contributed by atoms with van der Waals surface area (Å²) in [4.78, 5) is 48.9. The molecule has 10 nitrogen and oxygen atoms in total. The third-order valence-corrected chi connectivity index (χ3v) is 4.32. The Morgan fingerprint density at radius 3 is 2.38 bits per heavy atom. The predicted molar refractivity (Wildman–Crippen MR) is 101 cm³/mol. The van der Waals surface area contributed by atoms with Crippen LogP contribution in [0, 0.1) is 0 Å². The number of benzene rings is 1. The topological polar surface area (TPSA) is 123 Å². The number of carbonyl (C=O) groups is 4. The molecule has 0 spiro atoms. The van der Waals surface area contributed by atoms with Crippen molar-refractivity contribution in [2.24, 2.45) is 0 Å². The summed E-state index contributed by atoms with van der Waals surface area (Å²) in [5.41, 5.74) is -0.323. The molecule has 0 aromatic heterocycles. The molecule has 1 aliphatic rings. The number of rotatable bonds is 8. The van der Waals surface area contributed by atoms with E-state index in [4.69, 9.17) is 14.2 Å². The van der Waals surface area contributed by atoms with Crippen molar-refractivity contribution in [2.45, 2.75) is 39.0 Å². The molecular weight excluding hydrogens is 382 g/mol. The molecule has 1 aromatic carbocycles. The molecule has 1 atom stereocenters. The number of esters is 1. The fourth-order valence-corrected chi connectivity index (χ4v) is 2.70. The number of urea groups is 1. The molecule has 1 saturated heterocycles. The molecule has 1 aliphatic heterocycles. The minimum Gasteiger partial charge on any atom is -0.493 e. The molecule has 29 heavy (non-hydrogen) atoms. The van der Waals surface area contributed by atoms with Crippen LogP contribution in [0.15, 0.2) is 18.2 Å². The zero-order valence-corrected chi connectivity index (χ0v) is 17.0. The second-order valence-corrected chi connectivity index (χ2v) is 6.99. The summed E-state index contributed by atoms with van der Waals surface area (Å²) in [5, 5.41) is 5.11. The van der Waals surface area contributed by atoms with Crippen molar-refractivity contribution in [3.8, 4) is 11.5 Å². The van der Waals surface area contributed by atoms with Gasteiger partial charge >= 0.3 is 12.0 Å². The van der Waals surface area contributed by atoms with Gasteiger partial charge in [-0.1, -0.05) is 6.07 Å². The number of hydrogen-bond donors (Lipinski definition) is 2. The van der Waals surface area contributed by atoms with Crippen LogP contribution in [-0.2, 0) is 25.7 Å². The van der Waals surface area contributed by atoms with Crippen molar-refractivity contribution >= 4 is 23.8 Å². The van der Waals surface area contributed by atoms with Crippen LogP contribution in [0.25, 0.3) is 0 Å². The quantitative estimate of drug-likeness (QED) is 0.477. The zero-order chi connectivity index (χ0) is 21.8. The van der Waals surface area contributed by atoms with Crippen molar-refractivity contribution in [3.63, 3.8) is 0 Å². The lowest BCUT2D eigenvalue weighted by Crippen LogP contribution is -2.42. The van der Waals surface area contributed by atoms with E-state index in [0.717, 1.165) is 10.5 Å². The molecule has 10 heteroatoms. The zero-order valence-electron chi connectivity index (χ0n) is 17.0. The molecule has 2 N–H and O–H groups in total. The second kappa shape index (κ2) is 8.80. The highest BCUT2D eigenvalue weighted by atomic mass is 16.5. The molecule has 158 valence electrons. The van der Waals surface area contributed by atoms with Gasteiger partial charge in [0.15, 0.2) is 17.6 Å². The number of ether oxygens (including phenoxy) is 3. The Morgan fingerprint density at radius 2 is 1.83 bits per heavy atom. The van der Waals surface area contributed by atoms with Gasteiger partial charge in [0.2, 0.25) is 0 Å². The third-order valence-electron chi connectivity index (χ3n) is 4.32. The van der Waals surface area contributed by atoms with Crippen LogP contribution >= 0.6 is 0 Å². The van der Waals surface area contributed by atoms with Crippen LogP contribution in [0.4, 0.5) is 4.79 Å². The van der Waals surface area contributed by atoms with Crippen molar-refractivity contribution < 1.29 is 33.4 Å². The second-order valence-electron chi connectivity index (χ2n) is 6.99. The lowest BCUT2D eigenvalue weighted by Gasteiger charge is -2.17. The van der Waals surface area contributed by atoms with E-state index in [1.54, 1.807) is 18.2 Å². The number of nitrogens with zero attached hydrogens (tertiary/aromatic N) is 1. The maximum Gasteiger partial charge on any atom is 0.327 e. The average Bonchev–Trinajstić information content (AvgIpc) is 2.87. The standard InChI is InChI=1S/C19H25N3O7/c1-11(29-15(23)10-22-17(25)19(2,3)21-18(22)26)16(24)20-9-12-6-7-13(27-4)14(8-12)28-5/h6-8,11H,9-10H2,1-5H3,(H,20,24)(H,21,26). The number of methoxy groups -OCH3 is 2. The van der Waals surface area contributed by atoms with Gasteiger partial charge < -0.3 is 24.8 Å². The largest absolute Gasteiger partial charge is 0.493 e. The molecule has 0 saturated carbocycles. The first-order valence-electron chi connectivity index (χ1n) is 8.91. The van der Waals surface area contributed by atoms with Crippen LogP contribution in [0.1, 0.15) is 26.3 Å². The number of hydrogen-bond acceptors (Lipinski definition) is 7. The molecule has 1 heterocycles. The smallest absolute Gasteiger partial charge is 0.327 e. The fraction of sp³-hybridized carbons (Fsp3) is 0.474. The van der Waals surface area contributed by atoms with Gasteiger partial charge in [-0.3, -0.25) is 19.3 Å². The summed E-state index contributed by atoms with van der Waals surface area (Å²) in [7, 11) is 3.03. The summed E-state index contributed by atoms with van der Waals surface area (Å²) in [6.45, 7) is 4.08. The Bertz CT molecular complexity index is 822. The molecule has 1 aromatic rings. The average molecular weight is 407 g/mol. The lowest BCUT2D eigenvalue weighted by molar-refractivity contribution is -0.156. The first kappa shape index (κ1) is 22.0. The van der Waals surface area contributed by atoms with E-state index in [2.05, 4.69) is 10.6 Å². The fourth-order valence-electron chi connectivity index (χ4n) is 2.70. The summed E-state index contributed by atoms with van der Waals surface area (Å²) in [6, 6.07) is 4.51. The van der Waals surface area contributed by atoms with Gasteiger partial charge in [-0.15, -0.1) is 0 Å². The van der Waals surface area contributed by atoms with Gasteiger partial charge in [-0.25, -0.2) is 4.79 Å². The van der Waals surface area contributed by atoms with Gasteiger partial charge in [0.25, 0.3) is 11.8 Å². The van der Waals surface area contributed by atoms with Crippen molar-refractivity contribution in [3.05, 3.63) is 23.8 Å². The van der Waals surface area contributed by atoms with Crippen LogP contribution in [-0.4, -0.2) is 61.1 Å². The number of amides is 4. The van der Waals surface area contributed by atoms with E-state index >= 15 is 0 Å². The maximum atomic E-state index is 12.2. The molecule has 2 rings (SSSR count). The predicted octanol–water partition coefficient (Wildman–Crippen LogP) is 0.582. The van der Waals surface area contributed by atoms with E-state index < -0.39 is 42.0 Å². The van der Waals surface area contributed by atoms with E-state index in [9.17, 15) is 19.2 Å². The maximum absolute atomic E-state index is 12.2. The number of nitrogens with one attached hydrogen (secondary N) is 2. The Kier molecular flexibility index (Phi) is 6.68. The number of carbonyl (C=O) groups excluding carboxylic acids is 4. The van der Waals surface area contributed by atoms with E-state index in [1.165, 1.54) is 35.0 Å². The van der Waals surface area contributed by atoms with Gasteiger partial charge in [-0.2, -0.15) is 0 Å². The lowest BCUT2D eigenvalue weighted by atomic mass is 10.1. The Balaban J connectivity index is 1.87. The third kappa shape index (κ3) is 5.15. The van der Waals surface area contributed by atoms with Gasteiger partial charge in [-0.05, 0) is 38.5 Å². The van der Waals surface area contributed by atoms with Crippen molar-refractivity contribution in [1.82, 2.24) is 15.5 Å². The van der Waals surface area contributed by atoms with Crippen molar-refractivity contribution in [1.29, 1.82) is 0 Å². The molecule has 0 radical (unpaired) electrons. The summed E-state index contributed by atoms with van der Waals surface area (Å²) < 4.78 is 15.4. The van der Waals surface area contributed by atoms with Crippen LogP contribution in [0.3, 0.4) is 0 Å². The van der Waals surface area contributed by atoms with Crippen LogP contribution < -0.4 is 20.1 Å². The molecular formula is C19H25N3O7. The van der Waals surface area contributed by atoms with Crippen LogP contribution in [0.5, 0.6) is 11.5 Å². The van der Waals surface area contributed by atoms with E-state index in [-0.39, 0.29) is 6.54 Å². The summed E-state index contributed by atoms with van der Waals surface area (Å²) >= 11 is 0. The number of imide groups is 1. The molecule has 1 fully saturated rings. The SMILES string of the molecule is COc1ccc(CNC(=O)C(C)OC(=O)CN2C(=O)NC(C)(C)C2=O)cc1OC. The normalized spacial score (nSPS) is 16.1. The highest BCUT2D eigenvalue weighted by Gasteiger charge is 2.45.